The van der Waals surface area contributed by atoms with Crippen LogP contribution in [0.2, 0.25) is 0 Å². The minimum Gasteiger partial charge on any atom is -0.450 e. The number of nitrogen functional groups attached to an aromatic ring is 1. The van der Waals surface area contributed by atoms with Gasteiger partial charge in [-0.15, -0.1) is 0 Å². The molecule has 3 heterocycles. The lowest BCUT2D eigenvalue weighted by Crippen LogP contribution is -2.49. The van der Waals surface area contributed by atoms with Gasteiger partial charge in [-0.1, -0.05) is 6.07 Å². The van der Waals surface area contributed by atoms with E-state index >= 15 is 0 Å². The van der Waals surface area contributed by atoms with Crippen LogP contribution in [0.1, 0.15) is 6.92 Å². The summed E-state index contributed by atoms with van der Waals surface area (Å²) in [7, 11) is 0. The number of carbonyl (C=O) groups is 1. The van der Waals surface area contributed by atoms with E-state index in [9.17, 15) is 4.79 Å². The average Bonchev–Trinajstić information content (AvgIpc) is 2.76. The van der Waals surface area contributed by atoms with Crippen LogP contribution in [0.4, 0.5) is 27.8 Å². The van der Waals surface area contributed by atoms with Crippen LogP contribution in [0.5, 0.6) is 0 Å². The molecule has 2 aromatic heterocycles. The summed E-state index contributed by atoms with van der Waals surface area (Å²) in [5.41, 5.74) is 8.63. The number of carbonyl (C=O) groups excluding carboxylic acids is 1. The summed E-state index contributed by atoms with van der Waals surface area (Å²) >= 11 is 0. The Labute approximate surface area is 168 Å². The second kappa shape index (κ2) is 8.17. The third-order valence-electron chi connectivity index (χ3n) is 4.87. The molecule has 0 atom stereocenters. The first-order chi connectivity index (χ1) is 14.2. The Morgan fingerprint density at radius 2 is 1.97 bits per heavy atom. The number of ether oxygens (including phenoxy) is 1. The van der Waals surface area contributed by atoms with Gasteiger partial charge in [-0.05, 0) is 31.2 Å². The van der Waals surface area contributed by atoms with Crippen LogP contribution in [0.15, 0.2) is 42.9 Å². The maximum Gasteiger partial charge on any atom is 0.409 e. The number of fused-ring (bicyclic) bond motifs is 1. The second-order valence-corrected chi connectivity index (χ2v) is 6.63. The third-order valence-corrected chi connectivity index (χ3v) is 4.87. The van der Waals surface area contributed by atoms with Crippen LogP contribution >= 0.6 is 0 Å². The molecule has 0 bridgehead atoms. The van der Waals surface area contributed by atoms with Crippen molar-refractivity contribution in [1.29, 1.82) is 0 Å². The highest BCUT2D eigenvalue weighted by Gasteiger charge is 2.24. The van der Waals surface area contributed by atoms with Crippen molar-refractivity contribution >= 4 is 40.0 Å². The Morgan fingerprint density at radius 3 is 2.76 bits per heavy atom. The van der Waals surface area contributed by atoms with E-state index in [0.29, 0.717) is 50.1 Å². The van der Waals surface area contributed by atoms with Crippen LogP contribution in [0.25, 0.3) is 10.9 Å². The fourth-order valence-electron chi connectivity index (χ4n) is 3.39. The van der Waals surface area contributed by atoms with Crippen molar-refractivity contribution < 1.29 is 9.53 Å². The Bertz CT molecular complexity index is 1010. The SMILES string of the molecule is CCOC(=O)N1CCN(c2ncnc(Nc3cccc4ncccc34)c2N)CC1. The number of hydrogen-bond donors (Lipinski definition) is 2. The van der Waals surface area contributed by atoms with Crippen LogP contribution in [-0.4, -0.2) is 58.7 Å². The molecule has 1 aliphatic heterocycles. The molecule has 1 saturated heterocycles. The molecule has 1 amide bonds. The molecule has 0 spiro atoms. The number of nitrogens with zero attached hydrogens (tertiary/aromatic N) is 5. The lowest BCUT2D eigenvalue weighted by Gasteiger charge is -2.35. The molecule has 9 heteroatoms. The highest BCUT2D eigenvalue weighted by molar-refractivity contribution is 5.94. The molecular formula is C20H23N7O2. The quantitative estimate of drug-likeness (QED) is 0.696. The largest absolute Gasteiger partial charge is 0.450 e. The van der Waals surface area contributed by atoms with Crippen molar-refractivity contribution in [2.24, 2.45) is 0 Å². The molecule has 0 saturated carbocycles. The number of piperazine rings is 1. The summed E-state index contributed by atoms with van der Waals surface area (Å²) in [4.78, 5) is 28.7. The molecule has 150 valence electrons. The summed E-state index contributed by atoms with van der Waals surface area (Å²) in [6.45, 7) is 4.53. The van der Waals surface area contributed by atoms with E-state index in [2.05, 4.69) is 25.2 Å². The highest BCUT2D eigenvalue weighted by Crippen LogP contribution is 2.31. The number of anilines is 4. The molecule has 29 heavy (non-hydrogen) atoms. The molecule has 0 unspecified atom stereocenters. The van der Waals surface area contributed by atoms with Crippen molar-refractivity contribution in [2.45, 2.75) is 6.92 Å². The van der Waals surface area contributed by atoms with Gasteiger partial charge in [0.2, 0.25) is 0 Å². The smallest absolute Gasteiger partial charge is 0.409 e. The summed E-state index contributed by atoms with van der Waals surface area (Å²) in [6.07, 6.45) is 2.98. The lowest BCUT2D eigenvalue weighted by molar-refractivity contribution is 0.105. The van der Waals surface area contributed by atoms with Crippen molar-refractivity contribution in [3.63, 3.8) is 0 Å². The van der Waals surface area contributed by atoms with E-state index in [4.69, 9.17) is 10.5 Å². The van der Waals surface area contributed by atoms with Gasteiger partial charge in [-0.3, -0.25) is 4.98 Å². The van der Waals surface area contributed by atoms with Gasteiger partial charge in [-0.25, -0.2) is 14.8 Å². The van der Waals surface area contributed by atoms with E-state index in [1.165, 1.54) is 6.33 Å². The fourth-order valence-corrected chi connectivity index (χ4v) is 3.39. The third kappa shape index (κ3) is 3.84. The molecule has 3 N–H and O–H groups in total. The van der Waals surface area contributed by atoms with Gasteiger partial charge in [-0.2, -0.15) is 0 Å². The minimum atomic E-state index is -0.283. The highest BCUT2D eigenvalue weighted by atomic mass is 16.6. The van der Waals surface area contributed by atoms with E-state index in [0.717, 1.165) is 16.6 Å². The van der Waals surface area contributed by atoms with Gasteiger partial charge in [0.25, 0.3) is 0 Å². The number of benzene rings is 1. The average molecular weight is 393 g/mol. The van der Waals surface area contributed by atoms with Crippen molar-refractivity contribution in [2.75, 3.05) is 48.7 Å². The van der Waals surface area contributed by atoms with Gasteiger partial charge >= 0.3 is 6.09 Å². The normalized spacial score (nSPS) is 14.1. The maximum atomic E-state index is 11.9. The number of aromatic nitrogens is 3. The number of nitrogens with two attached hydrogens (primary N) is 1. The van der Waals surface area contributed by atoms with E-state index in [-0.39, 0.29) is 6.09 Å². The first-order valence-electron chi connectivity index (χ1n) is 9.55. The van der Waals surface area contributed by atoms with E-state index < -0.39 is 0 Å². The first kappa shape index (κ1) is 18.7. The van der Waals surface area contributed by atoms with Gasteiger partial charge in [0, 0.05) is 43.4 Å². The van der Waals surface area contributed by atoms with E-state index in [1.807, 2.05) is 30.3 Å². The standard InChI is InChI=1S/C20H23N7O2/c1-2-29-20(28)27-11-9-26(10-12-27)19-17(21)18(23-13-24-19)25-16-7-3-6-15-14(16)5-4-8-22-15/h3-8,13H,2,9-12,21H2,1H3,(H,23,24,25). The van der Waals surface area contributed by atoms with Crippen molar-refractivity contribution in [1.82, 2.24) is 19.9 Å². The summed E-state index contributed by atoms with van der Waals surface area (Å²) in [5.74, 6) is 1.20. The zero-order chi connectivity index (χ0) is 20.2. The molecule has 4 rings (SSSR count). The molecule has 1 fully saturated rings. The predicted octanol–water partition coefficient (Wildman–Crippen LogP) is 2.63. The van der Waals surface area contributed by atoms with Gasteiger partial charge < -0.3 is 25.6 Å². The molecule has 0 aliphatic carbocycles. The lowest BCUT2D eigenvalue weighted by atomic mass is 10.2. The number of hydrogen-bond acceptors (Lipinski definition) is 8. The monoisotopic (exact) mass is 393 g/mol. The number of amides is 1. The van der Waals surface area contributed by atoms with Crippen molar-refractivity contribution in [3.05, 3.63) is 42.9 Å². The van der Waals surface area contributed by atoms with Gasteiger partial charge in [0.15, 0.2) is 11.6 Å². The Hall–Kier alpha value is -3.62. The predicted molar refractivity (Wildman–Crippen MR) is 112 cm³/mol. The zero-order valence-corrected chi connectivity index (χ0v) is 16.2. The summed E-state index contributed by atoms with van der Waals surface area (Å²) in [6, 6.07) is 9.75. The van der Waals surface area contributed by atoms with Gasteiger partial charge in [0.1, 0.15) is 12.0 Å². The molecule has 1 aromatic carbocycles. The van der Waals surface area contributed by atoms with Crippen LogP contribution in [0.3, 0.4) is 0 Å². The minimum absolute atomic E-state index is 0.283. The second-order valence-electron chi connectivity index (χ2n) is 6.63. The molecular weight excluding hydrogens is 370 g/mol. The fraction of sp³-hybridized carbons (Fsp3) is 0.300. The van der Waals surface area contributed by atoms with E-state index in [1.54, 1.807) is 18.0 Å². The van der Waals surface area contributed by atoms with Crippen LogP contribution < -0.4 is 16.0 Å². The first-order valence-corrected chi connectivity index (χ1v) is 9.55. The molecule has 0 radical (unpaired) electrons. The number of pyridine rings is 1. The Morgan fingerprint density at radius 1 is 1.14 bits per heavy atom. The Kier molecular flexibility index (Phi) is 5.28. The zero-order valence-electron chi connectivity index (χ0n) is 16.2. The van der Waals surface area contributed by atoms with Crippen LogP contribution in [-0.2, 0) is 4.74 Å². The maximum absolute atomic E-state index is 11.9. The Balaban J connectivity index is 1.53. The van der Waals surface area contributed by atoms with Gasteiger partial charge in [0.05, 0.1) is 12.1 Å². The summed E-state index contributed by atoms with van der Waals surface area (Å²) in [5, 5.41) is 4.30. The topological polar surface area (TPSA) is 110 Å². The molecule has 3 aromatic rings. The molecule has 9 nitrogen and oxygen atoms in total. The molecule has 1 aliphatic rings. The van der Waals surface area contributed by atoms with Crippen LogP contribution in [0, 0.1) is 0 Å². The number of rotatable bonds is 4. The van der Waals surface area contributed by atoms with Crippen molar-refractivity contribution in [3.8, 4) is 0 Å². The number of nitrogens with one attached hydrogen (secondary N) is 1. The summed E-state index contributed by atoms with van der Waals surface area (Å²) < 4.78 is 5.07.